The fraction of sp³-hybridized carbons (Fsp3) is 0.562. The molecule has 4 nitrogen and oxygen atoms in total. The molecule has 0 aliphatic carbocycles. The first-order valence-electron chi connectivity index (χ1n) is 7.64. The highest BCUT2D eigenvalue weighted by atomic mass is 19.4. The zero-order valence-electron chi connectivity index (χ0n) is 13.4. The highest BCUT2D eigenvalue weighted by Gasteiger charge is 2.30. The number of amides is 1. The van der Waals surface area contributed by atoms with Crippen LogP contribution < -0.4 is 5.32 Å². The first-order valence-corrected chi connectivity index (χ1v) is 7.64. The number of carbonyl (C=O) groups is 1. The van der Waals surface area contributed by atoms with Gasteiger partial charge in [-0.25, -0.2) is 0 Å². The molecule has 23 heavy (non-hydrogen) atoms. The summed E-state index contributed by atoms with van der Waals surface area (Å²) in [6.07, 6.45) is -4.40. The minimum atomic E-state index is -4.40. The summed E-state index contributed by atoms with van der Waals surface area (Å²) in [5.74, 6) is -0.411. The largest absolute Gasteiger partial charge is 0.416 e. The van der Waals surface area contributed by atoms with Gasteiger partial charge in [0.05, 0.1) is 18.8 Å². The van der Waals surface area contributed by atoms with E-state index in [9.17, 15) is 18.0 Å². The van der Waals surface area contributed by atoms with Crippen LogP contribution in [0.5, 0.6) is 0 Å². The van der Waals surface area contributed by atoms with Crippen LogP contribution in [-0.2, 0) is 10.9 Å². The topological polar surface area (TPSA) is 41.6 Å². The molecule has 0 saturated heterocycles. The Bertz CT molecular complexity index is 471. The zero-order chi connectivity index (χ0) is 17.3. The fourth-order valence-corrected chi connectivity index (χ4v) is 1.98. The minimum Gasteiger partial charge on any atom is -0.378 e. The van der Waals surface area contributed by atoms with E-state index >= 15 is 0 Å². The molecule has 1 rings (SSSR count). The molecule has 0 aliphatic heterocycles. The summed E-state index contributed by atoms with van der Waals surface area (Å²) in [5.41, 5.74) is -0.574. The van der Waals surface area contributed by atoms with E-state index in [1.54, 1.807) is 0 Å². The van der Waals surface area contributed by atoms with E-state index < -0.39 is 17.6 Å². The number of alkyl halides is 3. The third kappa shape index (κ3) is 7.00. The third-order valence-electron chi connectivity index (χ3n) is 3.45. The predicted octanol–water partition coefficient (Wildman–Crippen LogP) is 2.79. The molecule has 7 heteroatoms. The summed E-state index contributed by atoms with van der Waals surface area (Å²) in [4.78, 5) is 14.0. The monoisotopic (exact) mass is 332 g/mol. The van der Waals surface area contributed by atoms with Crippen molar-refractivity contribution in [3.63, 3.8) is 0 Å². The Morgan fingerprint density at radius 3 is 2.26 bits per heavy atom. The zero-order valence-corrected chi connectivity index (χ0v) is 13.4. The van der Waals surface area contributed by atoms with Crippen molar-refractivity contribution in [1.29, 1.82) is 0 Å². The van der Waals surface area contributed by atoms with Crippen molar-refractivity contribution >= 4 is 5.91 Å². The van der Waals surface area contributed by atoms with Crippen LogP contribution in [0.3, 0.4) is 0 Å². The highest BCUT2D eigenvalue weighted by molar-refractivity contribution is 5.94. The van der Waals surface area contributed by atoms with Crippen molar-refractivity contribution in [2.24, 2.45) is 0 Å². The second kappa shape index (κ2) is 9.52. The number of rotatable bonds is 9. The Kier molecular flexibility index (Phi) is 8.05. The van der Waals surface area contributed by atoms with Gasteiger partial charge in [0.1, 0.15) is 0 Å². The van der Waals surface area contributed by atoms with Gasteiger partial charge in [-0.15, -0.1) is 0 Å². The van der Waals surface area contributed by atoms with Crippen LogP contribution in [0.15, 0.2) is 24.3 Å². The van der Waals surface area contributed by atoms with Crippen LogP contribution in [0.4, 0.5) is 13.2 Å². The smallest absolute Gasteiger partial charge is 0.378 e. The van der Waals surface area contributed by atoms with Gasteiger partial charge in [0, 0.05) is 18.7 Å². The lowest BCUT2D eigenvalue weighted by Gasteiger charge is -2.17. The molecule has 0 saturated carbocycles. The van der Waals surface area contributed by atoms with Crippen molar-refractivity contribution in [3.05, 3.63) is 35.4 Å². The first-order chi connectivity index (χ1) is 10.9. The molecule has 1 N–H and O–H groups in total. The van der Waals surface area contributed by atoms with E-state index in [1.807, 2.05) is 0 Å². The number of nitrogens with zero attached hydrogens (tertiary/aromatic N) is 1. The number of benzene rings is 1. The second-order valence-electron chi connectivity index (χ2n) is 4.97. The molecule has 0 fully saturated rings. The molecular formula is C16H23F3N2O2. The van der Waals surface area contributed by atoms with Crippen LogP contribution in [0, 0.1) is 0 Å². The van der Waals surface area contributed by atoms with Crippen molar-refractivity contribution in [2.75, 3.05) is 39.4 Å². The number of carbonyl (C=O) groups excluding carboxylic acids is 1. The van der Waals surface area contributed by atoms with E-state index in [-0.39, 0.29) is 5.56 Å². The fourth-order valence-electron chi connectivity index (χ4n) is 1.98. The van der Waals surface area contributed by atoms with Gasteiger partial charge in [-0.05, 0) is 37.4 Å². The van der Waals surface area contributed by atoms with Gasteiger partial charge in [0.25, 0.3) is 5.91 Å². The molecule has 130 valence electrons. The Morgan fingerprint density at radius 1 is 1.13 bits per heavy atom. The standard InChI is InChI=1S/C16H23F3N2O2/c1-3-21(4-2)10-12-23-11-9-20-15(22)13-5-7-14(8-6-13)16(17,18)19/h5-8H,3-4,9-12H2,1-2H3,(H,20,22). The molecule has 1 amide bonds. The van der Waals surface area contributed by atoms with E-state index in [0.717, 1.165) is 31.8 Å². The summed E-state index contributed by atoms with van der Waals surface area (Å²) in [6.45, 7) is 8.18. The van der Waals surface area contributed by atoms with Crippen LogP contribution >= 0.6 is 0 Å². The average molecular weight is 332 g/mol. The summed E-state index contributed by atoms with van der Waals surface area (Å²) in [7, 11) is 0. The average Bonchev–Trinajstić information content (AvgIpc) is 2.53. The van der Waals surface area contributed by atoms with Crippen molar-refractivity contribution < 1.29 is 22.7 Å². The van der Waals surface area contributed by atoms with Crippen LogP contribution in [0.25, 0.3) is 0 Å². The van der Waals surface area contributed by atoms with E-state index in [2.05, 4.69) is 24.1 Å². The summed E-state index contributed by atoms with van der Waals surface area (Å²) in [5, 5.41) is 2.61. The summed E-state index contributed by atoms with van der Waals surface area (Å²) < 4.78 is 42.7. The number of hydrogen-bond acceptors (Lipinski definition) is 3. The lowest BCUT2D eigenvalue weighted by Crippen LogP contribution is -2.30. The Balaban J connectivity index is 2.26. The lowest BCUT2D eigenvalue weighted by atomic mass is 10.1. The van der Waals surface area contributed by atoms with Gasteiger partial charge in [0.2, 0.25) is 0 Å². The van der Waals surface area contributed by atoms with Gasteiger partial charge in [-0.3, -0.25) is 4.79 Å². The number of likely N-dealkylation sites (N-methyl/N-ethyl adjacent to an activating group) is 1. The Labute approximate surface area is 134 Å². The Hall–Kier alpha value is -1.60. The maximum Gasteiger partial charge on any atom is 0.416 e. The molecule has 0 aliphatic rings. The van der Waals surface area contributed by atoms with Gasteiger partial charge in [-0.2, -0.15) is 13.2 Å². The maximum atomic E-state index is 12.4. The van der Waals surface area contributed by atoms with Gasteiger partial charge < -0.3 is 15.0 Å². The minimum absolute atomic E-state index is 0.196. The van der Waals surface area contributed by atoms with Crippen LogP contribution in [-0.4, -0.2) is 50.2 Å². The summed E-state index contributed by atoms with van der Waals surface area (Å²) in [6, 6.07) is 4.13. The number of halogens is 3. The van der Waals surface area contributed by atoms with E-state index in [4.69, 9.17) is 4.74 Å². The van der Waals surface area contributed by atoms with E-state index in [1.165, 1.54) is 12.1 Å². The van der Waals surface area contributed by atoms with Crippen molar-refractivity contribution in [1.82, 2.24) is 10.2 Å². The number of nitrogens with one attached hydrogen (secondary N) is 1. The molecule has 1 aromatic carbocycles. The first kappa shape index (κ1) is 19.4. The van der Waals surface area contributed by atoms with E-state index in [0.29, 0.717) is 19.8 Å². The predicted molar refractivity (Wildman–Crippen MR) is 82.4 cm³/mol. The molecule has 1 aromatic rings. The second-order valence-corrected chi connectivity index (χ2v) is 4.97. The normalized spacial score (nSPS) is 11.7. The molecule has 0 atom stereocenters. The molecule has 0 bridgehead atoms. The van der Waals surface area contributed by atoms with Gasteiger partial charge in [0.15, 0.2) is 0 Å². The Morgan fingerprint density at radius 2 is 1.74 bits per heavy atom. The lowest BCUT2D eigenvalue weighted by molar-refractivity contribution is -0.137. The van der Waals surface area contributed by atoms with Crippen LogP contribution in [0.1, 0.15) is 29.8 Å². The van der Waals surface area contributed by atoms with Crippen LogP contribution in [0.2, 0.25) is 0 Å². The maximum absolute atomic E-state index is 12.4. The van der Waals surface area contributed by atoms with Crippen molar-refractivity contribution in [2.45, 2.75) is 20.0 Å². The molecule has 0 spiro atoms. The molecule has 0 heterocycles. The summed E-state index contributed by atoms with van der Waals surface area (Å²) >= 11 is 0. The number of ether oxygens (including phenoxy) is 1. The van der Waals surface area contributed by atoms with Gasteiger partial charge in [-0.1, -0.05) is 13.8 Å². The molecule has 0 unspecified atom stereocenters. The van der Waals surface area contributed by atoms with Crippen molar-refractivity contribution in [3.8, 4) is 0 Å². The number of hydrogen-bond donors (Lipinski definition) is 1. The molecule has 0 aromatic heterocycles. The molecular weight excluding hydrogens is 309 g/mol. The highest BCUT2D eigenvalue weighted by Crippen LogP contribution is 2.28. The quantitative estimate of drug-likeness (QED) is 0.707. The third-order valence-corrected chi connectivity index (χ3v) is 3.45. The van der Waals surface area contributed by atoms with Gasteiger partial charge >= 0.3 is 6.18 Å². The SMILES string of the molecule is CCN(CC)CCOCCNC(=O)c1ccc(C(F)(F)F)cc1. The molecule has 0 radical (unpaired) electrons.